The van der Waals surface area contributed by atoms with Gasteiger partial charge in [0, 0.05) is 13.1 Å². The van der Waals surface area contributed by atoms with Gasteiger partial charge in [-0.25, -0.2) is 0 Å². The largest absolute Gasteiger partial charge is 0.482 e. The first-order valence-electron chi connectivity index (χ1n) is 7.34. The minimum absolute atomic E-state index is 0.0341. The van der Waals surface area contributed by atoms with Crippen LogP contribution in [0.25, 0.3) is 0 Å². The van der Waals surface area contributed by atoms with E-state index in [1.807, 2.05) is 17.0 Å². The van der Waals surface area contributed by atoms with Gasteiger partial charge in [-0.3, -0.25) is 4.79 Å². The zero-order chi connectivity index (χ0) is 14.8. The number of rotatable bonds is 9. The van der Waals surface area contributed by atoms with E-state index in [4.69, 9.17) is 16.3 Å². The topological polar surface area (TPSA) is 29.5 Å². The number of benzene rings is 1. The predicted molar refractivity (Wildman–Crippen MR) is 83.3 cm³/mol. The highest BCUT2D eigenvalue weighted by molar-refractivity contribution is 6.32. The van der Waals surface area contributed by atoms with Crippen molar-refractivity contribution in [3.8, 4) is 5.75 Å². The number of hydrogen-bond donors (Lipinski definition) is 0. The lowest BCUT2D eigenvalue weighted by molar-refractivity contribution is -0.133. The maximum absolute atomic E-state index is 12.2. The average Bonchev–Trinajstić information content (AvgIpc) is 2.46. The van der Waals surface area contributed by atoms with Crippen LogP contribution in [0.15, 0.2) is 24.3 Å². The van der Waals surface area contributed by atoms with E-state index in [0.717, 1.165) is 38.8 Å². The molecule has 0 spiro atoms. The zero-order valence-electron chi connectivity index (χ0n) is 12.4. The molecule has 0 N–H and O–H groups in total. The summed E-state index contributed by atoms with van der Waals surface area (Å²) in [5, 5.41) is 0.536. The Labute approximate surface area is 126 Å². The molecule has 0 atom stereocenters. The Balaban J connectivity index is 2.50. The average molecular weight is 298 g/mol. The molecular weight excluding hydrogens is 274 g/mol. The second kappa shape index (κ2) is 9.65. The van der Waals surface area contributed by atoms with Gasteiger partial charge in [-0.2, -0.15) is 0 Å². The maximum atomic E-state index is 12.2. The van der Waals surface area contributed by atoms with Crippen molar-refractivity contribution in [2.24, 2.45) is 0 Å². The van der Waals surface area contributed by atoms with E-state index in [0.29, 0.717) is 10.8 Å². The molecule has 4 heteroatoms. The number of carbonyl (C=O) groups excluding carboxylic acids is 1. The lowest BCUT2D eigenvalue weighted by atomic mass is 10.2. The third-order valence-electron chi connectivity index (χ3n) is 3.10. The Morgan fingerprint density at radius 2 is 1.75 bits per heavy atom. The van der Waals surface area contributed by atoms with Crippen LogP contribution in [0.2, 0.25) is 5.02 Å². The third-order valence-corrected chi connectivity index (χ3v) is 3.42. The molecule has 1 amide bonds. The quantitative estimate of drug-likeness (QED) is 0.685. The van der Waals surface area contributed by atoms with Crippen LogP contribution in [0.3, 0.4) is 0 Å². The molecule has 0 unspecified atom stereocenters. The van der Waals surface area contributed by atoms with Crippen molar-refractivity contribution in [1.29, 1.82) is 0 Å². The summed E-state index contributed by atoms with van der Waals surface area (Å²) in [5.74, 6) is 0.597. The van der Waals surface area contributed by atoms with E-state index in [1.165, 1.54) is 0 Å². The van der Waals surface area contributed by atoms with Crippen molar-refractivity contribution in [2.45, 2.75) is 39.5 Å². The molecule has 1 aromatic rings. The maximum Gasteiger partial charge on any atom is 0.260 e. The van der Waals surface area contributed by atoms with Gasteiger partial charge in [-0.1, -0.05) is 50.4 Å². The fourth-order valence-corrected chi connectivity index (χ4v) is 2.04. The zero-order valence-corrected chi connectivity index (χ0v) is 13.2. The summed E-state index contributed by atoms with van der Waals surface area (Å²) in [4.78, 5) is 14.1. The fourth-order valence-electron chi connectivity index (χ4n) is 1.85. The van der Waals surface area contributed by atoms with Crippen molar-refractivity contribution in [1.82, 2.24) is 4.90 Å². The summed E-state index contributed by atoms with van der Waals surface area (Å²) in [6, 6.07) is 7.22. The standard InChI is InChI=1S/C16H24ClNO2/c1-3-5-11-18(12-6-4-2)16(19)13-20-15-10-8-7-9-14(15)17/h7-10H,3-6,11-13H2,1-2H3. The summed E-state index contributed by atoms with van der Waals surface area (Å²) in [7, 11) is 0. The molecule has 0 heterocycles. The van der Waals surface area contributed by atoms with E-state index in [-0.39, 0.29) is 12.5 Å². The van der Waals surface area contributed by atoms with Crippen LogP contribution in [0.4, 0.5) is 0 Å². The Morgan fingerprint density at radius 1 is 1.15 bits per heavy atom. The molecule has 0 aromatic heterocycles. The molecule has 0 radical (unpaired) electrons. The van der Waals surface area contributed by atoms with Crippen LogP contribution in [-0.4, -0.2) is 30.5 Å². The third kappa shape index (κ3) is 5.83. The second-order valence-electron chi connectivity index (χ2n) is 4.81. The van der Waals surface area contributed by atoms with Crippen LogP contribution in [0, 0.1) is 0 Å². The SMILES string of the molecule is CCCCN(CCCC)C(=O)COc1ccccc1Cl. The smallest absolute Gasteiger partial charge is 0.260 e. The van der Waals surface area contributed by atoms with Gasteiger partial charge >= 0.3 is 0 Å². The Bertz CT molecular complexity index is 401. The van der Waals surface area contributed by atoms with Crippen LogP contribution in [0.5, 0.6) is 5.75 Å². The molecule has 112 valence electrons. The second-order valence-corrected chi connectivity index (χ2v) is 5.21. The van der Waals surface area contributed by atoms with Crippen molar-refractivity contribution in [3.63, 3.8) is 0 Å². The highest BCUT2D eigenvalue weighted by atomic mass is 35.5. The molecule has 0 aliphatic rings. The normalized spacial score (nSPS) is 10.3. The minimum Gasteiger partial charge on any atom is -0.482 e. The van der Waals surface area contributed by atoms with Gasteiger partial charge in [0.1, 0.15) is 5.75 Å². The van der Waals surface area contributed by atoms with E-state index >= 15 is 0 Å². The summed E-state index contributed by atoms with van der Waals surface area (Å²) in [5.41, 5.74) is 0. The van der Waals surface area contributed by atoms with Crippen molar-refractivity contribution in [2.75, 3.05) is 19.7 Å². The first kappa shape index (κ1) is 16.8. The monoisotopic (exact) mass is 297 g/mol. The highest BCUT2D eigenvalue weighted by Crippen LogP contribution is 2.23. The van der Waals surface area contributed by atoms with Gasteiger partial charge in [-0.15, -0.1) is 0 Å². The van der Waals surface area contributed by atoms with Crippen LogP contribution >= 0.6 is 11.6 Å². The summed E-state index contributed by atoms with van der Waals surface area (Å²) in [6.07, 6.45) is 4.23. The van der Waals surface area contributed by atoms with E-state index in [2.05, 4.69) is 13.8 Å². The molecule has 0 saturated carbocycles. The minimum atomic E-state index is 0.0341. The Kier molecular flexibility index (Phi) is 8.12. The molecule has 0 saturated heterocycles. The summed E-state index contributed by atoms with van der Waals surface area (Å²) < 4.78 is 5.52. The predicted octanol–water partition coefficient (Wildman–Crippen LogP) is 4.15. The molecular formula is C16H24ClNO2. The van der Waals surface area contributed by atoms with Gasteiger partial charge in [0.2, 0.25) is 0 Å². The van der Waals surface area contributed by atoms with Gasteiger partial charge in [0.25, 0.3) is 5.91 Å². The Morgan fingerprint density at radius 3 is 2.30 bits per heavy atom. The van der Waals surface area contributed by atoms with Gasteiger partial charge in [-0.05, 0) is 25.0 Å². The highest BCUT2D eigenvalue weighted by Gasteiger charge is 2.13. The van der Waals surface area contributed by atoms with Crippen molar-refractivity contribution >= 4 is 17.5 Å². The van der Waals surface area contributed by atoms with Gasteiger partial charge < -0.3 is 9.64 Å². The summed E-state index contributed by atoms with van der Waals surface area (Å²) in [6.45, 7) is 5.92. The molecule has 3 nitrogen and oxygen atoms in total. The molecule has 0 bridgehead atoms. The fraction of sp³-hybridized carbons (Fsp3) is 0.562. The number of hydrogen-bond acceptors (Lipinski definition) is 2. The van der Waals surface area contributed by atoms with E-state index < -0.39 is 0 Å². The van der Waals surface area contributed by atoms with Crippen molar-refractivity contribution < 1.29 is 9.53 Å². The summed E-state index contributed by atoms with van der Waals surface area (Å²) >= 11 is 6.00. The van der Waals surface area contributed by atoms with E-state index in [1.54, 1.807) is 12.1 Å². The molecule has 0 aliphatic heterocycles. The lowest BCUT2D eigenvalue weighted by Crippen LogP contribution is -2.36. The van der Waals surface area contributed by atoms with E-state index in [9.17, 15) is 4.79 Å². The number of nitrogens with zero attached hydrogens (tertiary/aromatic N) is 1. The number of unbranched alkanes of at least 4 members (excludes halogenated alkanes) is 2. The molecule has 0 fully saturated rings. The van der Waals surface area contributed by atoms with Crippen LogP contribution < -0.4 is 4.74 Å². The molecule has 1 aromatic carbocycles. The number of amides is 1. The Hall–Kier alpha value is -1.22. The molecule has 20 heavy (non-hydrogen) atoms. The number of ether oxygens (including phenoxy) is 1. The van der Waals surface area contributed by atoms with Gasteiger partial charge in [0.15, 0.2) is 6.61 Å². The van der Waals surface area contributed by atoms with Gasteiger partial charge in [0.05, 0.1) is 5.02 Å². The van der Waals surface area contributed by atoms with Crippen LogP contribution in [-0.2, 0) is 4.79 Å². The van der Waals surface area contributed by atoms with Crippen LogP contribution in [0.1, 0.15) is 39.5 Å². The van der Waals surface area contributed by atoms with Crippen molar-refractivity contribution in [3.05, 3.63) is 29.3 Å². The lowest BCUT2D eigenvalue weighted by Gasteiger charge is -2.22. The first-order valence-corrected chi connectivity index (χ1v) is 7.72. The number of halogens is 1. The number of para-hydroxylation sites is 1. The number of carbonyl (C=O) groups is 1. The first-order chi connectivity index (χ1) is 9.69. The molecule has 0 aliphatic carbocycles. The molecule has 1 rings (SSSR count).